The third-order valence-electron chi connectivity index (χ3n) is 4.38. The average Bonchev–Trinajstić information content (AvgIpc) is 2.71. The van der Waals surface area contributed by atoms with Crippen LogP contribution in [-0.4, -0.2) is 11.0 Å². The highest BCUT2D eigenvalue weighted by atomic mass is 32.1. The molecule has 1 unspecified atom stereocenters. The molecule has 1 aromatic heterocycles. The lowest BCUT2D eigenvalue weighted by molar-refractivity contribution is 0.265. The Bertz CT molecular complexity index is 391. The monoisotopic (exact) mass is 280 g/mol. The molecule has 1 heterocycles. The number of thiazole rings is 1. The molecule has 1 aliphatic rings. The van der Waals surface area contributed by atoms with Gasteiger partial charge in [-0.2, -0.15) is 0 Å². The quantitative estimate of drug-likeness (QED) is 0.840. The Morgan fingerprint density at radius 3 is 2.47 bits per heavy atom. The number of hydrogen-bond donors (Lipinski definition) is 1. The van der Waals surface area contributed by atoms with E-state index in [1.807, 2.05) is 11.3 Å². The second kappa shape index (κ2) is 6.85. The van der Waals surface area contributed by atoms with Gasteiger partial charge in [-0.25, -0.2) is 4.98 Å². The summed E-state index contributed by atoms with van der Waals surface area (Å²) in [5, 5.41) is 4.98. The van der Waals surface area contributed by atoms with Gasteiger partial charge in [0.1, 0.15) is 0 Å². The van der Waals surface area contributed by atoms with Crippen molar-refractivity contribution >= 4 is 11.3 Å². The molecule has 1 aromatic rings. The normalized spacial score (nSPS) is 25.5. The SMILES string of the molecule is CCCC1CCC(NC(C)c2nc(C)sc2C)CC1. The zero-order chi connectivity index (χ0) is 13.8. The van der Waals surface area contributed by atoms with E-state index in [-0.39, 0.29) is 0 Å². The first-order chi connectivity index (χ1) is 9.10. The van der Waals surface area contributed by atoms with E-state index in [2.05, 4.69) is 38.0 Å². The highest BCUT2D eigenvalue weighted by Gasteiger charge is 2.23. The lowest BCUT2D eigenvalue weighted by atomic mass is 9.83. The number of rotatable bonds is 5. The Morgan fingerprint density at radius 2 is 1.95 bits per heavy atom. The fourth-order valence-electron chi connectivity index (χ4n) is 3.41. The van der Waals surface area contributed by atoms with E-state index in [4.69, 9.17) is 0 Å². The van der Waals surface area contributed by atoms with Crippen molar-refractivity contribution < 1.29 is 0 Å². The average molecular weight is 280 g/mol. The number of nitrogens with zero attached hydrogens (tertiary/aromatic N) is 1. The maximum atomic E-state index is 4.68. The van der Waals surface area contributed by atoms with Crippen LogP contribution in [-0.2, 0) is 0 Å². The topological polar surface area (TPSA) is 24.9 Å². The van der Waals surface area contributed by atoms with Gasteiger partial charge in [-0.05, 0) is 52.4 Å². The predicted octanol–water partition coefficient (Wildman–Crippen LogP) is 4.77. The molecule has 0 spiro atoms. The highest BCUT2D eigenvalue weighted by molar-refractivity contribution is 7.11. The lowest BCUT2D eigenvalue weighted by Gasteiger charge is -2.31. The number of aromatic nitrogens is 1. The second-order valence-corrected chi connectivity index (χ2v) is 7.48. The lowest BCUT2D eigenvalue weighted by Crippen LogP contribution is -2.35. The van der Waals surface area contributed by atoms with Crippen LogP contribution in [0.5, 0.6) is 0 Å². The summed E-state index contributed by atoms with van der Waals surface area (Å²) in [6.45, 7) is 8.86. The first-order valence-electron chi connectivity index (χ1n) is 7.80. The summed E-state index contributed by atoms with van der Waals surface area (Å²) in [6.07, 6.45) is 8.28. The third-order valence-corrected chi connectivity index (χ3v) is 5.28. The summed E-state index contributed by atoms with van der Waals surface area (Å²) in [6, 6.07) is 1.10. The second-order valence-electron chi connectivity index (χ2n) is 6.07. The summed E-state index contributed by atoms with van der Waals surface area (Å²) < 4.78 is 0. The molecule has 3 heteroatoms. The van der Waals surface area contributed by atoms with E-state index in [0.29, 0.717) is 12.1 Å². The van der Waals surface area contributed by atoms with Crippen molar-refractivity contribution in [2.75, 3.05) is 0 Å². The molecule has 1 saturated carbocycles. The molecule has 2 nitrogen and oxygen atoms in total. The molecule has 0 aliphatic heterocycles. The molecule has 0 bridgehead atoms. The Hall–Kier alpha value is -0.410. The van der Waals surface area contributed by atoms with Crippen LogP contribution in [0.3, 0.4) is 0 Å². The van der Waals surface area contributed by atoms with Crippen molar-refractivity contribution in [2.45, 2.75) is 78.3 Å². The van der Waals surface area contributed by atoms with Gasteiger partial charge in [0.05, 0.1) is 10.7 Å². The van der Waals surface area contributed by atoms with E-state index in [1.165, 1.54) is 54.1 Å². The van der Waals surface area contributed by atoms with Gasteiger partial charge in [-0.1, -0.05) is 19.8 Å². The van der Waals surface area contributed by atoms with Gasteiger partial charge in [0, 0.05) is 17.0 Å². The van der Waals surface area contributed by atoms with Crippen LogP contribution in [0.25, 0.3) is 0 Å². The first kappa shape index (κ1) is 15.0. The standard InChI is InChI=1S/C16H28N2S/c1-5-6-14-7-9-15(10-8-14)17-11(2)16-12(3)19-13(4)18-16/h11,14-15,17H,5-10H2,1-4H3. The van der Waals surface area contributed by atoms with Gasteiger partial charge in [-0.15, -0.1) is 11.3 Å². The van der Waals surface area contributed by atoms with Crippen molar-refractivity contribution in [2.24, 2.45) is 5.92 Å². The van der Waals surface area contributed by atoms with E-state index >= 15 is 0 Å². The maximum absolute atomic E-state index is 4.68. The fraction of sp³-hybridized carbons (Fsp3) is 0.812. The van der Waals surface area contributed by atoms with Crippen LogP contribution >= 0.6 is 11.3 Å². The van der Waals surface area contributed by atoms with E-state index in [1.54, 1.807) is 0 Å². The third kappa shape index (κ3) is 4.03. The van der Waals surface area contributed by atoms with Crippen molar-refractivity contribution in [3.05, 3.63) is 15.6 Å². The van der Waals surface area contributed by atoms with Gasteiger partial charge in [0.2, 0.25) is 0 Å². The highest BCUT2D eigenvalue weighted by Crippen LogP contribution is 2.30. The summed E-state index contributed by atoms with van der Waals surface area (Å²) in [7, 11) is 0. The van der Waals surface area contributed by atoms with Gasteiger partial charge in [-0.3, -0.25) is 0 Å². The molecule has 1 aliphatic carbocycles. The van der Waals surface area contributed by atoms with Gasteiger partial charge in [0.15, 0.2) is 0 Å². The molecular weight excluding hydrogens is 252 g/mol. The first-order valence-corrected chi connectivity index (χ1v) is 8.61. The predicted molar refractivity (Wildman–Crippen MR) is 83.8 cm³/mol. The number of hydrogen-bond acceptors (Lipinski definition) is 3. The van der Waals surface area contributed by atoms with Crippen LogP contribution in [0.15, 0.2) is 0 Å². The van der Waals surface area contributed by atoms with Crippen molar-refractivity contribution in [1.29, 1.82) is 0 Å². The Labute approximate surface area is 122 Å². The van der Waals surface area contributed by atoms with Crippen LogP contribution in [0.2, 0.25) is 0 Å². The Balaban J connectivity index is 1.84. The molecular formula is C16H28N2S. The molecule has 0 amide bonds. The van der Waals surface area contributed by atoms with Crippen LogP contribution in [0.4, 0.5) is 0 Å². The summed E-state index contributed by atoms with van der Waals surface area (Å²) in [5.74, 6) is 0.988. The molecule has 108 valence electrons. The Kier molecular flexibility index (Phi) is 5.40. The summed E-state index contributed by atoms with van der Waals surface area (Å²) >= 11 is 1.82. The van der Waals surface area contributed by atoms with Crippen molar-refractivity contribution in [3.63, 3.8) is 0 Å². The molecule has 1 fully saturated rings. The van der Waals surface area contributed by atoms with Gasteiger partial charge >= 0.3 is 0 Å². The molecule has 0 saturated heterocycles. The molecule has 0 radical (unpaired) electrons. The molecule has 0 aromatic carbocycles. The van der Waals surface area contributed by atoms with Gasteiger partial charge < -0.3 is 5.32 Å². The van der Waals surface area contributed by atoms with E-state index in [9.17, 15) is 0 Å². The molecule has 1 N–H and O–H groups in total. The zero-order valence-electron chi connectivity index (χ0n) is 12.8. The van der Waals surface area contributed by atoms with Gasteiger partial charge in [0.25, 0.3) is 0 Å². The number of nitrogens with one attached hydrogen (secondary N) is 1. The smallest absolute Gasteiger partial charge is 0.0900 e. The van der Waals surface area contributed by atoms with E-state index < -0.39 is 0 Å². The molecule has 2 rings (SSSR count). The van der Waals surface area contributed by atoms with Crippen molar-refractivity contribution in [3.8, 4) is 0 Å². The van der Waals surface area contributed by atoms with Crippen LogP contribution in [0.1, 0.15) is 74.0 Å². The molecule has 1 atom stereocenters. The van der Waals surface area contributed by atoms with Crippen LogP contribution < -0.4 is 5.32 Å². The summed E-state index contributed by atoms with van der Waals surface area (Å²) in [4.78, 5) is 6.05. The summed E-state index contributed by atoms with van der Waals surface area (Å²) in [5.41, 5.74) is 1.26. The minimum absolute atomic E-state index is 0.401. The van der Waals surface area contributed by atoms with E-state index in [0.717, 1.165) is 5.92 Å². The van der Waals surface area contributed by atoms with Crippen LogP contribution in [0, 0.1) is 19.8 Å². The van der Waals surface area contributed by atoms with Crippen molar-refractivity contribution in [1.82, 2.24) is 10.3 Å². The zero-order valence-corrected chi connectivity index (χ0v) is 13.6. The fourth-order valence-corrected chi connectivity index (χ4v) is 4.32. The number of aryl methyl sites for hydroxylation is 2. The minimum atomic E-state index is 0.401. The maximum Gasteiger partial charge on any atom is 0.0900 e. The molecule has 19 heavy (non-hydrogen) atoms. The Morgan fingerprint density at radius 1 is 1.26 bits per heavy atom. The minimum Gasteiger partial charge on any atom is -0.306 e. The largest absolute Gasteiger partial charge is 0.306 e.